The van der Waals surface area contributed by atoms with E-state index in [2.05, 4.69) is 60.7 Å². The van der Waals surface area contributed by atoms with Crippen LogP contribution in [-0.2, 0) is 41.4 Å². The molecule has 0 spiro atoms. The van der Waals surface area contributed by atoms with Gasteiger partial charge in [-0.2, -0.15) is 4.99 Å². The highest BCUT2D eigenvalue weighted by molar-refractivity contribution is 8.44. The first-order valence-corrected chi connectivity index (χ1v) is 19.4. The molecule has 25 heteroatoms. The second-order valence-electron chi connectivity index (χ2n) is 10.8. The number of thiol groups is 2. The number of aliphatic hydroxyl groups is 2. The van der Waals surface area contributed by atoms with E-state index in [9.17, 15) is 19.3 Å². The third-order valence-electron chi connectivity index (χ3n) is 7.75. The Hall–Kier alpha value is -2.81. The quantitative estimate of drug-likeness (QED) is 0.104. The minimum absolute atomic E-state index is 0.0353. The van der Waals surface area contributed by atoms with Crippen molar-refractivity contribution < 1.29 is 51.6 Å². The zero-order valence-electron chi connectivity index (χ0n) is 24.3. The van der Waals surface area contributed by atoms with Crippen molar-refractivity contribution in [1.82, 2.24) is 34.4 Å². The number of guanidine groups is 1. The van der Waals surface area contributed by atoms with Crippen molar-refractivity contribution in [2.24, 2.45) is 10.7 Å². The van der Waals surface area contributed by atoms with Gasteiger partial charge in [0, 0.05) is 0 Å². The number of aromatic nitrogens is 6. The van der Waals surface area contributed by atoms with Crippen molar-refractivity contribution in [3.8, 4) is 12.3 Å². The van der Waals surface area contributed by atoms with E-state index < -0.39 is 82.1 Å². The second-order valence-corrected chi connectivity index (χ2v) is 16.5. The largest absolute Gasteiger partial charge is 0.387 e. The molecule has 3 saturated heterocycles. The lowest BCUT2D eigenvalue weighted by molar-refractivity contribution is -0.0581. The SMILES string of the molecule is C#CCOC1NC(N)=Nc2c1ncn2C1OC2COP(=O)(S)OC3C(COP(=O)(S)OC1C2O)OC(n1cnc2c(N)ncnc21)C3O. The summed E-state index contributed by atoms with van der Waals surface area (Å²) in [5, 5.41) is 25.4. The van der Waals surface area contributed by atoms with Gasteiger partial charge in [-0.1, -0.05) is 30.4 Å². The molecule has 48 heavy (non-hydrogen) atoms. The van der Waals surface area contributed by atoms with Crippen LogP contribution in [0.2, 0.25) is 0 Å². The monoisotopic (exact) mass is 746 g/mol. The van der Waals surface area contributed by atoms with E-state index >= 15 is 0 Å². The number of hydrogen-bond donors (Lipinski definition) is 7. The first kappa shape index (κ1) is 33.7. The summed E-state index contributed by atoms with van der Waals surface area (Å²) in [5.41, 5.74) is 12.6. The van der Waals surface area contributed by atoms with Gasteiger partial charge < -0.3 is 41.2 Å². The Kier molecular flexibility index (Phi) is 8.99. The molecule has 7 heterocycles. The average molecular weight is 747 g/mol. The van der Waals surface area contributed by atoms with E-state index in [0.29, 0.717) is 0 Å². The number of hydrogen-bond acceptors (Lipinski definition) is 19. The number of terminal acetylenes is 1. The normalized spacial score (nSPS) is 38.5. The van der Waals surface area contributed by atoms with Crippen LogP contribution in [0, 0.1) is 12.3 Å². The molecule has 4 aliphatic rings. The summed E-state index contributed by atoms with van der Waals surface area (Å²) in [4.78, 5) is 20.8. The van der Waals surface area contributed by atoms with Crippen LogP contribution in [0.4, 0.5) is 11.6 Å². The topological polar surface area (TPSA) is 277 Å². The van der Waals surface area contributed by atoms with Crippen molar-refractivity contribution in [3.63, 3.8) is 0 Å². The third-order valence-corrected chi connectivity index (χ3v) is 11.0. The lowest BCUT2D eigenvalue weighted by Crippen LogP contribution is -2.39. The molecule has 0 radical (unpaired) electrons. The number of nitrogens with one attached hydrogen (secondary N) is 1. The number of nitrogens with two attached hydrogens (primary N) is 2. The van der Waals surface area contributed by atoms with Crippen LogP contribution in [0.25, 0.3) is 11.2 Å². The van der Waals surface area contributed by atoms with Gasteiger partial charge in [-0.3, -0.25) is 27.2 Å². The summed E-state index contributed by atoms with van der Waals surface area (Å²) < 4.78 is 70.1. The van der Waals surface area contributed by atoms with Gasteiger partial charge in [0.25, 0.3) is 0 Å². The van der Waals surface area contributed by atoms with E-state index in [1.807, 2.05) is 0 Å². The van der Waals surface area contributed by atoms with Gasteiger partial charge in [0.15, 0.2) is 41.9 Å². The van der Waals surface area contributed by atoms with Crippen LogP contribution in [0.15, 0.2) is 24.0 Å². The smallest absolute Gasteiger partial charge is 0.386 e. The molecule has 2 bridgehead atoms. The van der Waals surface area contributed by atoms with Crippen LogP contribution >= 0.6 is 38.1 Å². The molecule has 0 amide bonds. The van der Waals surface area contributed by atoms with Gasteiger partial charge in [-0.05, 0) is 0 Å². The van der Waals surface area contributed by atoms with Crippen LogP contribution in [-0.4, -0.2) is 102 Å². The summed E-state index contributed by atoms with van der Waals surface area (Å²) in [6.07, 6.45) is -2.67. The molecule has 11 atom stereocenters. The number of nitrogen functional groups attached to an aromatic ring is 1. The number of rotatable bonds is 4. The Morgan fingerprint density at radius 1 is 0.979 bits per heavy atom. The van der Waals surface area contributed by atoms with Crippen molar-refractivity contribution in [3.05, 3.63) is 24.7 Å². The Balaban J connectivity index is 1.18. The first-order valence-electron chi connectivity index (χ1n) is 14.0. The highest BCUT2D eigenvalue weighted by Crippen LogP contribution is 2.60. The summed E-state index contributed by atoms with van der Waals surface area (Å²) in [6.45, 7) is -9.90. The summed E-state index contributed by atoms with van der Waals surface area (Å²) in [5.74, 6) is 2.56. The molecule has 0 aromatic carbocycles. The first-order chi connectivity index (χ1) is 22.9. The summed E-state index contributed by atoms with van der Waals surface area (Å²) in [6, 6.07) is 0. The fraction of sp³-hybridized carbons (Fsp3) is 0.522. The van der Waals surface area contributed by atoms with Crippen molar-refractivity contribution in [2.75, 3.05) is 25.6 Å². The third kappa shape index (κ3) is 6.22. The number of aliphatic hydroxyl groups excluding tert-OH is 2. The standard InChI is InChI=1S/C23H28N10O11P2S2/c1-2-3-38-20-12-19(30-23(25)31-20)33(8-29-12)22-16-13(34)9(41-22)4-39-45(36,47)43-15-10(5-40-46(37,48)44-16)42-21(14(15)35)32-7-28-11-17(24)26-6-27-18(11)32/h1,6-10,13-16,20-22,34-35H,3-5H2,(H,36,47)(H,37,48)(H2,24,26,27)(H3,25,30,31). The molecule has 4 aliphatic heterocycles. The average Bonchev–Trinajstić information content (AvgIpc) is 3.79. The summed E-state index contributed by atoms with van der Waals surface area (Å²) >= 11 is 8.21. The molecule has 3 aromatic rings. The Morgan fingerprint density at radius 2 is 1.67 bits per heavy atom. The molecule has 21 nitrogen and oxygen atoms in total. The molecule has 0 aliphatic carbocycles. The van der Waals surface area contributed by atoms with Gasteiger partial charge >= 0.3 is 13.6 Å². The minimum atomic E-state index is -4.37. The van der Waals surface area contributed by atoms with Crippen LogP contribution in [0.5, 0.6) is 0 Å². The maximum absolute atomic E-state index is 13.7. The number of anilines is 1. The molecule has 0 saturated carbocycles. The highest BCUT2D eigenvalue weighted by atomic mass is 32.7. The number of imidazole rings is 2. The fourth-order valence-corrected chi connectivity index (χ4v) is 8.57. The molecule has 7 N–H and O–H groups in total. The van der Waals surface area contributed by atoms with Crippen molar-refractivity contribution >= 4 is 66.9 Å². The van der Waals surface area contributed by atoms with Crippen LogP contribution < -0.4 is 16.8 Å². The van der Waals surface area contributed by atoms with E-state index in [1.165, 1.54) is 28.1 Å². The minimum Gasteiger partial charge on any atom is -0.387 e. The zero-order valence-corrected chi connectivity index (χ0v) is 27.8. The van der Waals surface area contributed by atoms with Crippen LogP contribution in [0.3, 0.4) is 0 Å². The lowest BCUT2D eigenvalue weighted by Gasteiger charge is -2.27. The predicted molar refractivity (Wildman–Crippen MR) is 169 cm³/mol. The molecule has 7 rings (SSSR count). The number of ether oxygens (including phenoxy) is 3. The molecule has 3 fully saturated rings. The zero-order chi connectivity index (χ0) is 34.0. The van der Waals surface area contributed by atoms with Crippen LogP contribution in [0.1, 0.15) is 24.4 Å². The van der Waals surface area contributed by atoms with Gasteiger partial charge in [0.05, 0.1) is 25.9 Å². The van der Waals surface area contributed by atoms with Gasteiger partial charge in [-0.25, -0.2) is 29.1 Å². The van der Waals surface area contributed by atoms with Gasteiger partial charge in [-0.15, -0.1) is 6.42 Å². The molecular formula is C23H28N10O11P2S2. The van der Waals surface area contributed by atoms with Gasteiger partial charge in [0.1, 0.15) is 60.8 Å². The second kappa shape index (κ2) is 12.8. The number of nitrogens with zero attached hydrogens (tertiary/aromatic N) is 7. The Bertz CT molecular complexity index is 1890. The molecule has 3 aromatic heterocycles. The number of aliphatic imine (C=N–C) groups is 1. The van der Waals surface area contributed by atoms with Gasteiger partial charge in [0.2, 0.25) is 0 Å². The number of fused-ring (bicyclic) bond motifs is 5. The summed E-state index contributed by atoms with van der Waals surface area (Å²) in [7, 11) is 0. The Labute approximate surface area is 281 Å². The molecule has 11 unspecified atom stereocenters. The highest BCUT2D eigenvalue weighted by Gasteiger charge is 2.53. The van der Waals surface area contributed by atoms with Crippen molar-refractivity contribution in [2.45, 2.75) is 55.3 Å². The van der Waals surface area contributed by atoms with E-state index in [1.54, 1.807) is 0 Å². The van der Waals surface area contributed by atoms with Crippen molar-refractivity contribution in [1.29, 1.82) is 0 Å². The maximum atomic E-state index is 13.7. The van der Waals surface area contributed by atoms with E-state index in [4.69, 9.17) is 50.2 Å². The lowest BCUT2D eigenvalue weighted by atomic mass is 10.1. The van der Waals surface area contributed by atoms with E-state index in [-0.39, 0.29) is 41.1 Å². The molecular weight excluding hydrogens is 718 g/mol. The maximum Gasteiger partial charge on any atom is 0.386 e. The predicted octanol–water partition coefficient (Wildman–Crippen LogP) is -0.0874. The van der Waals surface area contributed by atoms with E-state index in [0.717, 1.165) is 0 Å². The fourth-order valence-electron chi connectivity index (χ4n) is 5.62. The Morgan fingerprint density at radius 3 is 2.42 bits per heavy atom. The molecule has 258 valence electrons.